The van der Waals surface area contributed by atoms with Gasteiger partial charge in [0.2, 0.25) is 0 Å². The Hall–Kier alpha value is -1.04. The predicted molar refractivity (Wildman–Crippen MR) is 53.1 cm³/mol. The Morgan fingerprint density at radius 1 is 1.40 bits per heavy atom. The molecule has 0 aliphatic rings. The van der Waals surface area contributed by atoms with E-state index in [4.69, 9.17) is 26.3 Å². The molecule has 0 amide bonds. The lowest BCUT2D eigenvalue weighted by Gasteiger charge is -2.13. The molecular weight excluding hydrogens is 225 g/mol. The van der Waals surface area contributed by atoms with Crippen molar-refractivity contribution in [2.45, 2.75) is 6.54 Å². The third-order valence-electron chi connectivity index (χ3n) is 1.89. The number of benzene rings is 1. The Labute approximate surface area is 91.5 Å². The van der Waals surface area contributed by atoms with E-state index in [-0.39, 0.29) is 23.1 Å². The number of nitrogens with one attached hydrogen (secondary N) is 1. The lowest BCUT2D eigenvalue weighted by molar-refractivity contribution is 0.160. The van der Waals surface area contributed by atoms with Crippen molar-refractivity contribution in [3.05, 3.63) is 22.5 Å². The molecule has 15 heavy (non-hydrogen) atoms. The van der Waals surface area contributed by atoms with E-state index in [9.17, 15) is 4.39 Å². The molecule has 0 radical (unpaired) electrons. The summed E-state index contributed by atoms with van der Waals surface area (Å²) in [6, 6.07) is 1.19. The van der Waals surface area contributed by atoms with Gasteiger partial charge in [-0.05, 0) is 6.07 Å². The molecule has 0 unspecified atom stereocenters. The molecule has 4 nitrogen and oxygen atoms in total. The number of hydrogen-bond acceptors (Lipinski definition) is 4. The first-order chi connectivity index (χ1) is 7.15. The summed E-state index contributed by atoms with van der Waals surface area (Å²) < 4.78 is 23.2. The van der Waals surface area contributed by atoms with Gasteiger partial charge in [0.1, 0.15) is 10.8 Å². The summed E-state index contributed by atoms with van der Waals surface area (Å²) >= 11 is 5.86. The molecule has 0 atom stereocenters. The second kappa shape index (κ2) is 5.16. The molecule has 84 valence electrons. The highest BCUT2D eigenvalue weighted by atomic mass is 35.5. The monoisotopic (exact) mass is 235 g/mol. The summed E-state index contributed by atoms with van der Waals surface area (Å²) in [6.45, 7) is 0.0316. The van der Waals surface area contributed by atoms with Gasteiger partial charge in [-0.3, -0.25) is 0 Å². The predicted octanol–water partition coefficient (Wildman–Crippen LogP) is 1.98. The summed E-state index contributed by atoms with van der Waals surface area (Å²) in [7, 11) is 2.72. The van der Waals surface area contributed by atoms with Crippen molar-refractivity contribution < 1.29 is 19.1 Å². The Kier molecular flexibility index (Phi) is 4.14. The third-order valence-corrected chi connectivity index (χ3v) is 2.23. The highest BCUT2D eigenvalue weighted by Gasteiger charge is 2.17. The molecule has 0 heterocycles. The van der Waals surface area contributed by atoms with E-state index < -0.39 is 5.82 Å². The Morgan fingerprint density at radius 3 is 2.47 bits per heavy atom. The number of methoxy groups -OCH3 is 2. The second-order valence-electron chi connectivity index (χ2n) is 2.73. The van der Waals surface area contributed by atoms with Crippen LogP contribution in [-0.4, -0.2) is 19.4 Å². The quantitative estimate of drug-likeness (QED) is 0.784. The molecule has 2 N–H and O–H groups in total. The lowest BCUT2D eigenvalue weighted by Crippen LogP contribution is -2.09. The molecule has 1 rings (SSSR count). The molecule has 0 aromatic heterocycles. The first-order valence-electron chi connectivity index (χ1n) is 4.11. The first kappa shape index (κ1) is 12.0. The number of hydrogen-bond donors (Lipinski definition) is 2. The molecule has 0 fully saturated rings. The number of hydroxylamine groups is 1. The average Bonchev–Trinajstić information content (AvgIpc) is 2.19. The van der Waals surface area contributed by atoms with Crippen molar-refractivity contribution in [3.8, 4) is 11.5 Å². The van der Waals surface area contributed by atoms with E-state index in [0.29, 0.717) is 5.56 Å². The summed E-state index contributed by atoms with van der Waals surface area (Å²) in [6.07, 6.45) is 0. The van der Waals surface area contributed by atoms with Crippen molar-refractivity contribution in [1.29, 1.82) is 0 Å². The standard InChI is InChI=1S/C9H11ClFNO3/c1-14-8-5(4-12-13)3-6(11)9(15-2)7(8)10/h3,12-13H,4H2,1-2H3. The number of ether oxygens (including phenoxy) is 2. The minimum Gasteiger partial charge on any atom is -0.495 e. The van der Waals surface area contributed by atoms with E-state index in [0.717, 1.165) is 0 Å². The van der Waals surface area contributed by atoms with Gasteiger partial charge in [0.05, 0.1) is 14.2 Å². The maximum atomic E-state index is 13.4. The van der Waals surface area contributed by atoms with Gasteiger partial charge >= 0.3 is 0 Å². The van der Waals surface area contributed by atoms with Crippen LogP contribution in [0.4, 0.5) is 4.39 Å². The van der Waals surface area contributed by atoms with Gasteiger partial charge in [-0.2, -0.15) is 0 Å². The SMILES string of the molecule is COc1c(F)cc(CNO)c(OC)c1Cl. The molecule has 1 aromatic rings. The van der Waals surface area contributed by atoms with Crippen LogP contribution in [-0.2, 0) is 6.54 Å². The van der Waals surface area contributed by atoms with Gasteiger partial charge in [0, 0.05) is 12.1 Å². The van der Waals surface area contributed by atoms with Gasteiger partial charge in [-0.15, -0.1) is 0 Å². The van der Waals surface area contributed by atoms with E-state index in [1.54, 1.807) is 0 Å². The zero-order valence-electron chi connectivity index (χ0n) is 8.30. The number of halogens is 2. The smallest absolute Gasteiger partial charge is 0.176 e. The van der Waals surface area contributed by atoms with Crippen LogP contribution in [0.1, 0.15) is 5.56 Å². The zero-order valence-corrected chi connectivity index (χ0v) is 9.06. The average molecular weight is 236 g/mol. The minimum atomic E-state index is -0.603. The van der Waals surface area contributed by atoms with Crippen LogP contribution < -0.4 is 15.0 Å². The molecule has 0 saturated heterocycles. The molecular formula is C9H11ClFNO3. The largest absolute Gasteiger partial charge is 0.495 e. The van der Waals surface area contributed by atoms with Gasteiger partial charge in [0.25, 0.3) is 0 Å². The zero-order chi connectivity index (χ0) is 11.4. The van der Waals surface area contributed by atoms with E-state index in [1.165, 1.54) is 20.3 Å². The summed E-state index contributed by atoms with van der Waals surface area (Å²) in [5.41, 5.74) is 2.31. The van der Waals surface area contributed by atoms with Crippen molar-refractivity contribution in [2.75, 3.05) is 14.2 Å². The Balaban J connectivity index is 3.30. The van der Waals surface area contributed by atoms with Crippen LogP contribution in [0.15, 0.2) is 6.07 Å². The topological polar surface area (TPSA) is 50.7 Å². The minimum absolute atomic E-state index is 0.0316. The maximum absolute atomic E-state index is 13.4. The van der Waals surface area contributed by atoms with Crippen LogP contribution in [0.5, 0.6) is 11.5 Å². The Morgan fingerprint density at radius 2 is 2.00 bits per heavy atom. The van der Waals surface area contributed by atoms with Gasteiger partial charge in [-0.1, -0.05) is 11.6 Å². The van der Waals surface area contributed by atoms with Crippen LogP contribution >= 0.6 is 11.6 Å². The molecule has 0 aliphatic carbocycles. The van der Waals surface area contributed by atoms with Crippen LogP contribution in [0.3, 0.4) is 0 Å². The summed E-state index contributed by atoms with van der Waals surface area (Å²) in [5.74, 6) is -0.403. The van der Waals surface area contributed by atoms with Crippen molar-refractivity contribution >= 4 is 11.6 Å². The van der Waals surface area contributed by atoms with Crippen LogP contribution in [0, 0.1) is 5.82 Å². The maximum Gasteiger partial charge on any atom is 0.176 e. The fourth-order valence-electron chi connectivity index (χ4n) is 1.26. The molecule has 0 aliphatic heterocycles. The molecule has 0 spiro atoms. The highest BCUT2D eigenvalue weighted by molar-refractivity contribution is 6.33. The lowest BCUT2D eigenvalue weighted by atomic mass is 10.2. The van der Waals surface area contributed by atoms with Crippen LogP contribution in [0.2, 0.25) is 5.02 Å². The van der Waals surface area contributed by atoms with Gasteiger partial charge < -0.3 is 14.7 Å². The van der Waals surface area contributed by atoms with E-state index >= 15 is 0 Å². The van der Waals surface area contributed by atoms with Gasteiger partial charge in [-0.25, -0.2) is 9.87 Å². The fraction of sp³-hybridized carbons (Fsp3) is 0.333. The third kappa shape index (κ3) is 2.31. The molecule has 0 bridgehead atoms. The molecule has 6 heteroatoms. The molecule has 1 aromatic carbocycles. The van der Waals surface area contributed by atoms with Crippen molar-refractivity contribution in [2.24, 2.45) is 0 Å². The fourth-order valence-corrected chi connectivity index (χ4v) is 1.62. The second-order valence-corrected chi connectivity index (χ2v) is 3.11. The summed E-state index contributed by atoms with van der Waals surface area (Å²) in [5, 5.41) is 8.59. The first-order valence-corrected chi connectivity index (χ1v) is 4.49. The Bertz CT molecular complexity index is 360. The van der Waals surface area contributed by atoms with Crippen molar-refractivity contribution in [3.63, 3.8) is 0 Å². The molecule has 0 saturated carbocycles. The van der Waals surface area contributed by atoms with Crippen molar-refractivity contribution in [1.82, 2.24) is 5.48 Å². The summed E-state index contributed by atoms with van der Waals surface area (Å²) in [4.78, 5) is 0. The highest BCUT2D eigenvalue weighted by Crippen LogP contribution is 2.38. The van der Waals surface area contributed by atoms with Crippen LogP contribution in [0.25, 0.3) is 0 Å². The normalized spacial score (nSPS) is 10.2. The number of rotatable bonds is 4. The van der Waals surface area contributed by atoms with E-state index in [1.807, 2.05) is 5.48 Å². The van der Waals surface area contributed by atoms with Gasteiger partial charge in [0.15, 0.2) is 11.6 Å². The van der Waals surface area contributed by atoms with E-state index in [2.05, 4.69) is 0 Å².